The van der Waals surface area contributed by atoms with Gasteiger partial charge in [-0.15, -0.1) is 0 Å². The van der Waals surface area contributed by atoms with E-state index in [-0.39, 0.29) is 18.7 Å². The molecule has 3 rings (SSSR count). The van der Waals surface area contributed by atoms with Gasteiger partial charge in [-0.05, 0) is 18.7 Å². The number of fused-ring (bicyclic) bond motifs is 1. The van der Waals surface area contributed by atoms with Gasteiger partial charge in [-0.3, -0.25) is 19.3 Å². The number of carboxylic acids is 2. The monoisotopic (exact) mass is 402 g/mol. The minimum atomic E-state index is -1.02. The Labute approximate surface area is 168 Å². The van der Waals surface area contributed by atoms with Crippen molar-refractivity contribution in [3.05, 3.63) is 30.0 Å². The van der Waals surface area contributed by atoms with Crippen molar-refractivity contribution >= 4 is 34.4 Å². The van der Waals surface area contributed by atoms with Crippen LogP contribution in [0, 0.1) is 0 Å². The fourth-order valence-corrected chi connectivity index (χ4v) is 3.72. The van der Waals surface area contributed by atoms with Gasteiger partial charge in [-0.2, -0.15) is 0 Å². The second-order valence-electron chi connectivity index (χ2n) is 7.16. The number of benzene rings is 1. The van der Waals surface area contributed by atoms with Crippen LogP contribution in [0.3, 0.4) is 0 Å². The molecule has 9 nitrogen and oxygen atoms in total. The molecule has 0 radical (unpaired) electrons. The molecule has 0 bridgehead atoms. The van der Waals surface area contributed by atoms with E-state index >= 15 is 0 Å². The molecule has 4 N–H and O–H groups in total. The van der Waals surface area contributed by atoms with Crippen LogP contribution >= 0.6 is 0 Å². The number of aromatic nitrogens is 1. The van der Waals surface area contributed by atoms with Crippen LogP contribution < -0.4 is 5.32 Å². The van der Waals surface area contributed by atoms with Gasteiger partial charge < -0.3 is 25.4 Å². The minimum Gasteiger partial charge on any atom is -0.481 e. The first-order chi connectivity index (χ1) is 13.9. The summed E-state index contributed by atoms with van der Waals surface area (Å²) in [6.45, 7) is 6.12. The van der Waals surface area contributed by atoms with Gasteiger partial charge in [0.1, 0.15) is 6.04 Å². The number of rotatable bonds is 8. The number of aliphatic carboxylic acids is 2. The molecule has 0 unspecified atom stereocenters. The van der Waals surface area contributed by atoms with E-state index < -0.39 is 18.0 Å². The summed E-state index contributed by atoms with van der Waals surface area (Å²) in [5, 5.41) is 22.0. The number of anilines is 1. The number of carboxylic acid groups (broad SMARTS) is 2. The molecule has 1 aromatic heterocycles. The maximum atomic E-state index is 12.1. The SMILES string of the molecule is CCN1CCN([C@H](C(=O)O)c2c[nH]c3cc(NC(=O)CCC(=O)O)ccc23)CC1. The zero-order valence-corrected chi connectivity index (χ0v) is 16.4. The van der Waals surface area contributed by atoms with Crippen molar-refractivity contribution in [1.82, 2.24) is 14.8 Å². The molecule has 2 heterocycles. The average molecular weight is 402 g/mol. The summed E-state index contributed by atoms with van der Waals surface area (Å²) in [6, 6.07) is 4.47. The molecule has 1 amide bonds. The van der Waals surface area contributed by atoms with Crippen molar-refractivity contribution in [3.8, 4) is 0 Å². The van der Waals surface area contributed by atoms with Gasteiger partial charge in [-0.25, -0.2) is 0 Å². The van der Waals surface area contributed by atoms with Gasteiger partial charge in [0.2, 0.25) is 5.91 Å². The molecule has 156 valence electrons. The standard InChI is InChI=1S/C20H26N4O5/c1-2-23-7-9-24(10-8-23)19(20(28)29)15-12-21-16-11-13(3-4-14(15)16)22-17(25)5-6-18(26)27/h3-4,11-12,19,21H,2,5-10H2,1H3,(H,22,25)(H,26,27)(H,28,29)/t19-/m0/s1. The predicted molar refractivity (Wildman–Crippen MR) is 108 cm³/mol. The first-order valence-corrected chi connectivity index (χ1v) is 9.71. The first-order valence-electron chi connectivity index (χ1n) is 9.71. The Balaban J connectivity index is 1.78. The van der Waals surface area contributed by atoms with E-state index in [2.05, 4.69) is 22.1 Å². The Hall–Kier alpha value is -2.91. The number of hydrogen-bond donors (Lipinski definition) is 4. The Bertz CT molecular complexity index is 901. The van der Waals surface area contributed by atoms with Gasteiger partial charge >= 0.3 is 11.9 Å². The van der Waals surface area contributed by atoms with E-state index in [1.54, 1.807) is 24.4 Å². The van der Waals surface area contributed by atoms with Crippen LogP contribution in [0.25, 0.3) is 10.9 Å². The fourth-order valence-electron chi connectivity index (χ4n) is 3.72. The molecule has 1 aromatic carbocycles. The lowest BCUT2D eigenvalue weighted by Crippen LogP contribution is -2.49. The van der Waals surface area contributed by atoms with Gasteiger partial charge in [0.15, 0.2) is 0 Å². The van der Waals surface area contributed by atoms with Crippen molar-refractivity contribution in [2.75, 3.05) is 38.0 Å². The molecule has 0 aliphatic carbocycles. The summed E-state index contributed by atoms with van der Waals surface area (Å²) < 4.78 is 0. The van der Waals surface area contributed by atoms with E-state index in [0.717, 1.165) is 30.5 Å². The quantitative estimate of drug-likeness (QED) is 0.530. The number of hydrogen-bond acceptors (Lipinski definition) is 5. The van der Waals surface area contributed by atoms with Crippen molar-refractivity contribution < 1.29 is 24.6 Å². The summed E-state index contributed by atoms with van der Waals surface area (Å²) in [5.41, 5.74) is 1.94. The number of amides is 1. The van der Waals surface area contributed by atoms with Crippen LogP contribution in [-0.4, -0.2) is 75.6 Å². The van der Waals surface area contributed by atoms with Crippen molar-refractivity contribution in [2.45, 2.75) is 25.8 Å². The van der Waals surface area contributed by atoms with E-state index in [9.17, 15) is 19.5 Å². The summed E-state index contributed by atoms with van der Waals surface area (Å²) in [6.07, 6.45) is 1.38. The van der Waals surface area contributed by atoms with Crippen molar-refractivity contribution in [3.63, 3.8) is 0 Å². The molecule has 9 heteroatoms. The van der Waals surface area contributed by atoms with E-state index in [1.165, 1.54) is 0 Å². The molecule has 1 aliphatic rings. The van der Waals surface area contributed by atoms with Crippen molar-refractivity contribution in [1.29, 1.82) is 0 Å². The Kier molecular flexibility index (Phi) is 6.50. The number of aromatic amines is 1. The molecule has 1 fully saturated rings. The van der Waals surface area contributed by atoms with E-state index in [1.807, 2.05) is 4.90 Å². The minimum absolute atomic E-state index is 0.103. The van der Waals surface area contributed by atoms with Crippen molar-refractivity contribution in [2.24, 2.45) is 0 Å². The zero-order chi connectivity index (χ0) is 21.0. The summed E-state index contributed by atoms with van der Waals surface area (Å²) in [7, 11) is 0. The van der Waals surface area contributed by atoms with Crippen LogP contribution in [0.4, 0.5) is 5.69 Å². The van der Waals surface area contributed by atoms with Crippen LogP contribution in [0.5, 0.6) is 0 Å². The third-order valence-corrected chi connectivity index (χ3v) is 5.31. The molecule has 1 saturated heterocycles. The summed E-state index contributed by atoms with van der Waals surface area (Å²) >= 11 is 0. The lowest BCUT2D eigenvalue weighted by Gasteiger charge is -2.37. The van der Waals surface area contributed by atoms with Gasteiger partial charge in [0, 0.05) is 61.0 Å². The number of carbonyl (C=O) groups excluding carboxylic acids is 1. The number of likely N-dealkylation sites (N-methyl/N-ethyl adjacent to an activating group) is 1. The number of H-pyrrole nitrogens is 1. The van der Waals surface area contributed by atoms with E-state index in [4.69, 9.17) is 5.11 Å². The number of piperazine rings is 1. The maximum Gasteiger partial charge on any atom is 0.325 e. The number of nitrogens with one attached hydrogen (secondary N) is 2. The molecular weight excluding hydrogens is 376 g/mol. The number of carbonyl (C=O) groups is 3. The second kappa shape index (κ2) is 9.06. The predicted octanol–water partition coefficient (Wildman–Crippen LogP) is 1.73. The Morgan fingerprint density at radius 3 is 2.48 bits per heavy atom. The van der Waals surface area contributed by atoms with E-state index in [0.29, 0.717) is 24.3 Å². The van der Waals surface area contributed by atoms with Crippen LogP contribution in [0.2, 0.25) is 0 Å². The summed E-state index contributed by atoms with van der Waals surface area (Å²) in [4.78, 5) is 41.9. The highest BCUT2D eigenvalue weighted by atomic mass is 16.4. The largest absolute Gasteiger partial charge is 0.481 e. The highest BCUT2D eigenvalue weighted by molar-refractivity contribution is 5.96. The number of nitrogens with zero attached hydrogens (tertiary/aromatic N) is 2. The smallest absolute Gasteiger partial charge is 0.325 e. The second-order valence-corrected chi connectivity index (χ2v) is 7.16. The van der Waals surface area contributed by atoms with Gasteiger partial charge in [-0.1, -0.05) is 13.0 Å². The van der Waals surface area contributed by atoms with Crippen LogP contribution in [-0.2, 0) is 14.4 Å². The molecule has 0 spiro atoms. The maximum absolute atomic E-state index is 12.1. The third-order valence-electron chi connectivity index (χ3n) is 5.31. The zero-order valence-electron chi connectivity index (χ0n) is 16.4. The lowest BCUT2D eigenvalue weighted by atomic mass is 10.0. The van der Waals surface area contributed by atoms with Crippen LogP contribution in [0.15, 0.2) is 24.4 Å². The van der Waals surface area contributed by atoms with Gasteiger partial charge in [0.05, 0.1) is 6.42 Å². The Morgan fingerprint density at radius 2 is 1.86 bits per heavy atom. The molecule has 1 aliphatic heterocycles. The average Bonchev–Trinajstić information content (AvgIpc) is 3.09. The molecule has 2 aromatic rings. The molecule has 1 atom stereocenters. The molecule has 0 saturated carbocycles. The normalized spacial score (nSPS) is 16.6. The molecule has 29 heavy (non-hydrogen) atoms. The van der Waals surface area contributed by atoms with Crippen LogP contribution in [0.1, 0.15) is 31.4 Å². The first kappa shape index (κ1) is 20.8. The molecular formula is C20H26N4O5. The highest BCUT2D eigenvalue weighted by Crippen LogP contribution is 2.31. The highest BCUT2D eigenvalue weighted by Gasteiger charge is 2.31. The summed E-state index contributed by atoms with van der Waals surface area (Å²) in [5.74, 6) is -2.29. The fraction of sp³-hybridized carbons (Fsp3) is 0.450. The Morgan fingerprint density at radius 1 is 1.14 bits per heavy atom. The van der Waals surface area contributed by atoms with Gasteiger partial charge in [0.25, 0.3) is 0 Å². The lowest BCUT2D eigenvalue weighted by molar-refractivity contribution is -0.144. The topological polar surface area (TPSA) is 126 Å². The third kappa shape index (κ3) is 4.93.